The largest absolute Gasteiger partial charge is 0.439 e. The van der Waals surface area contributed by atoms with Crippen molar-refractivity contribution in [1.29, 1.82) is 0 Å². The van der Waals surface area contributed by atoms with Crippen LogP contribution in [0.4, 0.5) is 13.2 Å². The second kappa shape index (κ2) is 6.58. The lowest BCUT2D eigenvalue weighted by atomic mass is 9.66. The van der Waals surface area contributed by atoms with Crippen LogP contribution in [0.15, 0.2) is 33.8 Å². The van der Waals surface area contributed by atoms with Crippen LogP contribution in [-0.4, -0.2) is 33.6 Å². The first-order chi connectivity index (χ1) is 12.4. The molecule has 2 aliphatic rings. The molecule has 0 spiro atoms. The van der Waals surface area contributed by atoms with Gasteiger partial charge in [0.15, 0.2) is 0 Å². The van der Waals surface area contributed by atoms with E-state index in [1.807, 2.05) is 20.8 Å². The van der Waals surface area contributed by atoms with Crippen LogP contribution in [0.25, 0.3) is 0 Å². The summed E-state index contributed by atoms with van der Waals surface area (Å²) >= 11 is 3.23. The van der Waals surface area contributed by atoms with E-state index in [9.17, 15) is 23.1 Å². The summed E-state index contributed by atoms with van der Waals surface area (Å²) in [6.07, 6.45) is -3.85. The minimum absolute atomic E-state index is 0.00180. The van der Waals surface area contributed by atoms with Crippen molar-refractivity contribution in [3.63, 3.8) is 0 Å². The van der Waals surface area contributed by atoms with Crippen molar-refractivity contribution >= 4 is 27.5 Å². The molecular formula is C19H22BrF3N2O2. The number of carbonyl (C=O) groups is 1. The van der Waals surface area contributed by atoms with Crippen LogP contribution in [0.5, 0.6) is 0 Å². The van der Waals surface area contributed by atoms with Crippen LogP contribution >= 0.6 is 15.9 Å². The molecule has 1 aliphatic carbocycles. The molecule has 3 atom stereocenters. The molecule has 0 unspecified atom stereocenters. The van der Waals surface area contributed by atoms with Crippen LogP contribution in [0.2, 0.25) is 0 Å². The number of carbonyl (C=O) groups excluding carboxylic acids is 1. The van der Waals surface area contributed by atoms with E-state index in [4.69, 9.17) is 0 Å². The summed E-state index contributed by atoms with van der Waals surface area (Å²) in [4.78, 5) is 12.8. The lowest BCUT2D eigenvalue weighted by Crippen LogP contribution is -2.62. The molecule has 1 amide bonds. The summed E-state index contributed by atoms with van der Waals surface area (Å²) in [7, 11) is 0. The lowest BCUT2D eigenvalue weighted by molar-refractivity contribution is -0.314. The van der Waals surface area contributed by atoms with Gasteiger partial charge in [-0.05, 0) is 54.9 Å². The summed E-state index contributed by atoms with van der Waals surface area (Å²) in [5.41, 5.74) is -3.23. The highest BCUT2D eigenvalue weighted by Gasteiger charge is 2.69. The third kappa shape index (κ3) is 3.42. The first-order valence-electron chi connectivity index (χ1n) is 8.82. The van der Waals surface area contributed by atoms with Crippen LogP contribution in [-0.2, 0) is 0 Å². The van der Waals surface area contributed by atoms with Gasteiger partial charge in [0.2, 0.25) is 0 Å². The molecule has 0 bridgehead atoms. The van der Waals surface area contributed by atoms with Crippen LogP contribution < -0.4 is 0 Å². The van der Waals surface area contributed by atoms with E-state index in [0.717, 1.165) is 0 Å². The average Bonchev–Trinajstić information content (AvgIpc) is 2.88. The van der Waals surface area contributed by atoms with Crippen LogP contribution in [0, 0.1) is 17.3 Å². The quantitative estimate of drug-likeness (QED) is 0.661. The Morgan fingerprint density at radius 1 is 1.26 bits per heavy atom. The van der Waals surface area contributed by atoms with Gasteiger partial charge in [0.1, 0.15) is 0 Å². The van der Waals surface area contributed by atoms with Gasteiger partial charge in [-0.1, -0.05) is 36.7 Å². The summed E-state index contributed by atoms with van der Waals surface area (Å²) in [6, 6.07) is 5.93. The van der Waals surface area contributed by atoms with Crippen molar-refractivity contribution in [3.05, 3.63) is 34.3 Å². The molecule has 4 nitrogen and oxygen atoms in total. The maximum absolute atomic E-state index is 14.0. The molecule has 1 fully saturated rings. The van der Waals surface area contributed by atoms with Crippen molar-refractivity contribution in [1.82, 2.24) is 5.01 Å². The Labute approximate surface area is 164 Å². The Bertz CT molecular complexity index is 771. The number of rotatable bonds is 1. The highest BCUT2D eigenvalue weighted by Crippen LogP contribution is 2.52. The van der Waals surface area contributed by atoms with Gasteiger partial charge in [0, 0.05) is 15.7 Å². The number of aliphatic hydroxyl groups is 1. The minimum Gasteiger partial charge on any atom is -0.362 e. The number of hydrogen-bond acceptors (Lipinski definition) is 3. The van der Waals surface area contributed by atoms with Gasteiger partial charge in [0.25, 0.3) is 11.6 Å². The molecule has 1 N–H and O–H groups in total. The molecule has 1 aliphatic heterocycles. The minimum atomic E-state index is -5.02. The Balaban J connectivity index is 2.01. The van der Waals surface area contributed by atoms with Crippen LogP contribution in [0.3, 0.4) is 0 Å². The smallest absolute Gasteiger partial charge is 0.362 e. The van der Waals surface area contributed by atoms with Crippen molar-refractivity contribution in [2.45, 2.75) is 51.9 Å². The summed E-state index contributed by atoms with van der Waals surface area (Å²) < 4.78 is 42.7. The molecule has 8 heteroatoms. The zero-order valence-corrected chi connectivity index (χ0v) is 16.9. The molecule has 0 radical (unpaired) electrons. The Hall–Kier alpha value is -1.41. The molecule has 0 aromatic heterocycles. The highest BCUT2D eigenvalue weighted by molar-refractivity contribution is 9.10. The lowest BCUT2D eigenvalue weighted by Gasteiger charge is -2.42. The normalized spacial score (nSPS) is 28.7. The fourth-order valence-corrected chi connectivity index (χ4v) is 4.19. The summed E-state index contributed by atoms with van der Waals surface area (Å²) in [6.45, 7) is 5.93. The molecular weight excluding hydrogens is 425 g/mol. The van der Waals surface area contributed by atoms with E-state index in [-0.39, 0.29) is 34.0 Å². The first-order valence-corrected chi connectivity index (χ1v) is 9.61. The fourth-order valence-electron chi connectivity index (χ4n) is 3.92. The number of hydrazone groups is 1. The fraction of sp³-hybridized carbons (Fsp3) is 0.579. The standard InChI is InChI=1S/C19H22BrF3N2O2/c1-17(2,3)12-6-9-15-14(10-12)18(27,19(21,22)23)25(24-15)16(26)11-4-7-13(20)8-5-11/h4-5,7-8,12,14,27H,6,9-10H2,1-3H3/t12-,14-,18-/m1/s1. The van der Waals surface area contributed by atoms with E-state index in [0.29, 0.717) is 17.3 Å². The summed E-state index contributed by atoms with van der Waals surface area (Å²) in [5.74, 6) is -2.20. The Morgan fingerprint density at radius 3 is 2.37 bits per heavy atom. The van der Waals surface area contributed by atoms with E-state index in [2.05, 4.69) is 21.0 Å². The molecule has 0 saturated heterocycles. The van der Waals surface area contributed by atoms with E-state index < -0.39 is 23.7 Å². The van der Waals surface area contributed by atoms with E-state index in [1.54, 1.807) is 12.1 Å². The van der Waals surface area contributed by atoms with Gasteiger partial charge >= 0.3 is 6.18 Å². The van der Waals surface area contributed by atoms with Gasteiger partial charge in [-0.3, -0.25) is 4.79 Å². The highest BCUT2D eigenvalue weighted by atomic mass is 79.9. The van der Waals surface area contributed by atoms with E-state index >= 15 is 0 Å². The van der Waals surface area contributed by atoms with Crippen molar-refractivity contribution < 1.29 is 23.1 Å². The number of alkyl halides is 3. The van der Waals surface area contributed by atoms with Gasteiger partial charge in [0.05, 0.1) is 5.92 Å². The molecule has 1 aromatic carbocycles. The molecule has 1 heterocycles. The van der Waals surface area contributed by atoms with Crippen molar-refractivity contribution in [2.24, 2.45) is 22.4 Å². The zero-order valence-electron chi connectivity index (χ0n) is 15.3. The number of halogens is 4. The van der Waals surface area contributed by atoms with Gasteiger partial charge in [-0.25, -0.2) is 0 Å². The maximum atomic E-state index is 14.0. The van der Waals surface area contributed by atoms with Gasteiger partial charge in [-0.15, -0.1) is 0 Å². The average molecular weight is 447 g/mol. The maximum Gasteiger partial charge on any atom is 0.439 e. The monoisotopic (exact) mass is 446 g/mol. The molecule has 3 rings (SSSR count). The SMILES string of the molecule is CC(C)(C)[C@@H]1CCC2=NN(C(=O)c3ccc(Br)cc3)[C@](O)(C(F)(F)F)[C@@H]2C1. The molecule has 148 valence electrons. The van der Waals surface area contributed by atoms with Crippen LogP contribution in [0.1, 0.15) is 50.4 Å². The topological polar surface area (TPSA) is 52.9 Å². The molecule has 27 heavy (non-hydrogen) atoms. The first kappa shape index (κ1) is 20.3. The zero-order chi connectivity index (χ0) is 20.2. The predicted molar refractivity (Wildman–Crippen MR) is 99.0 cm³/mol. The third-order valence-corrected chi connectivity index (χ3v) is 6.16. The number of hydrogen-bond donors (Lipinski definition) is 1. The third-order valence-electron chi connectivity index (χ3n) is 5.63. The van der Waals surface area contributed by atoms with Gasteiger partial charge < -0.3 is 5.11 Å². The number of fused-ring (bicyclic) bond motifs is 1. The summed E-state index contributed by atoms with van der Waals surface area (Å²) in [5, 5.41) is 15.0. The number of nitrogens with zero attached hydrogens (tertiary/aromatic N) is 2. The second-order valence-corrected chi connectivity index (χ2v) is 9.24. The Morgan fingerprint density at radius 2 is 1.85 bits per heavy atom. The predicted octanol–water partition coefficient (Wildman–Crippen LogP) is 4.97. The Kier molecular flexibility index (Phi) is 4.96. The number of benzene rings is 1. The van der Waals surface area contributed by atoms with Gasteiger partial charge in [-0.2, -0.15) is 23.3 Å². The number of amides is 1. The molecule has 1 aromatic rings. The second-order valence-electron chi connectivity index (χ2n) is 8.33. The van der Waals surface area contributed by atoms with Crippen molar-refractivity contribution in [2.75, 3.05) is 0 Å². The van der Waals surface area contributed by atoms with Crippen molar-refractivity contribution in [3.8, 4) is 0 Å². The van der Waals surface area contributed by atoms with E-state index in [1.165, 1.54) is 12.1 Å². The molecule has 1 saturated carbocycles.